The summed E-state index contributed by atoms with van der Waals surface area (Å²) in [6.07, 6.45) is 3.48. The highest BCUT2D eigenvalue weighted by molar-refractivity contribution is 8.03. The molecule has 90 valence electrons. The van der Waals surface area contributed by atoms with E-state index in [4.69, 9.17) is 5.26 Å². The van der Waals surface area contributed by atoms with Gasteiger partial charge in [0.2, 0.25) is 5.91 Å². The van der Waals surface area contributed by atoms with Crippen molar-refractivity contribution < 1.29 is 4.79 Å². The van der Waals surface area contributed by atoms with Crippen LogP contribution in [0.5, 0.6) is 0 Å². The lowest BCUT2D eigenvalue weighted by Crippen LogP contribution is -2.11. The predicted octanol–water partition coefficient (Wildman–Crippen LogP) is 3.34. The van der Waals surface area contributed by atoms with Crippen LogP contribution in [0.25, 0.3) is 0 Å². The molecule has 0 aromatic heterocycles. The van der Waals surface area contributed by atoms with Crippen LogP contribution in [0.3, 0.4) is 0 Å². The normalized spacial score (nSPS) is 9.65. The van der Waals surface area contributed by atoms with Gasteiger partial charge in [-0.25, -0.2) is 0 Å². The number of nitrogens with zero attached hydrogens (tertiary/aromatic N) is 1. The zero-order chi connectivity index (χ0) is 12.5. The molecule has 5 heteroatoms. The summed E-state index contributed by atoms with van der Waals surface area (Å²) in [4.78, 5) is 12.4. The zero-order valence-corrected chi connectivity index (χ0v) is 11.2. The van der Waals surface area contributed by atoms with E-state index in [0.717, 1.165) is 34.5 Å². The van der Waals surface area contributed by atoms with Gasteiger partial charge in [-0.05, 0) is 54.5 Å². The monoisotopic (exact) mass is 266 g/mol. The lowest BCUT2D eigenvalue weighted by atomic mass is 10.3. The Hall–Kier alpha value is -1.12. The minimum atomic E-state index is 0.0414. The number of rotatable bonds is 6. The van der Waals surface area contributed by atoms with Crippen LogP contribution < -0.4 is 5.32 Å². The van der Waals surface area contributed by atoms with Crippen molar-refractivity contribution in [2.45, 2.75) is 17.7 Å². The number of benzene rings is 1. The van der Waals surface area contributed by atoms with E-state index in [0.29, 0.717) is 6.42 Å². The average molecular weight is 266 g/mol. The molecule has 1 rings (SSSR count). The predicted molar refractivity (Wildman–Crippen MR) is 74.2 cm³/mol. The number of anilines is 1. The van der Waals surface area contributed by atoms with Crippen LogP contribution in [-0.4, -0.2) is 17.9 Å². The SMILES string of the molecule is CSCCCC(=O)Nc1ccc(SC#N)cc1. The second kappa shape index (κ2) is 8.04. The van der Waals surface area contributed by atoms with Gasteiger partial charge in [0.05, 0.1) is 0 Å². The number of hydrogen-bond acceptors (Lipinski definition) is 4. The Morgan fingerprint density at radius 2 is 2.12 bits per heavy atom. The number of thiocyanates is 1. The van der Waals surface area contributed by atoms with Crippen LogP contribution in [0, 0.1) is 10.7 Å². The summed E-state index contributed by atoms with van der Waals surface area (Å²) in [5.74, 6) is 1.05. The van der Waals surface area contributed by atoms with Crippen LogP contribution in [0.15, 0.2) is 29.2 Å². The van der Waals surface area contributed by atoms with E-state index in [2.05, 4.69) is 5.32 Å². The van der Waals surface area contributed by atoms with Gasteiger partial charge in [-0.3, -0.25) is 4.79 Å². The Bertz CT molecular complexity index is 398. The summed E-state index contributed by atoms with van der Waals surface area (Å²) in [5, 5.41) is 13.3. The Morgan fingerprint density at radius 1 is 1.41 bits per heavy atom. The number of nitriles is 1. The lowest BCUT2D eigenvalue weighted by Gasteiger charge is -2.05. The van der Waals surface area contributed by atoms with Crippen molar-refractivity contribution in [1.29, 1.82) is 5.26 Å². The molecule has 0 aliphatic rings. The molecule has 0 saturated carbocycles. The zero-order valence-electron chi connectivity index (χ0n) is 9.60. The molecule has 0 heterocycles. The minimum Gasteiger partial charge on any atom is -0.326 e. The van der Waals surface area contributed by atoms with E-state index >= 15 is 0 Å². The molecule has 1 aromatic carbocycles. The molecule has 0 aliphatic carbocycles. The van der Waals surface area contributed by atoms with E-state index in [1.807, 2.05) is 35.9 Å². The van der Waals surface area contributed by atoms with Crippen LogP contribution in [0.4, 0.5) is 5.69 Å². The summed E-state index contributed by atoms with van der Waals surface area (Å²) in [6, 6.07) is 7.27. The molecule has 17 heavy (non-hydrogen) atoms. The van der Waals surface area contributed by atoms with E-state index < -0.39 is 0 Å². The van der Waals surface area contributed by atoms with Gasteiger partial charge in [0.15, 0.2) is 0 Å². The standard InChI is InChI=1S/C12H14N2OS2/c1-16-8-2-3-12(15)14-10-4-6-11(7-5-10)17-9-13/h4-7H,2-3,8H2,1H3,(H,14,15). The van der Waals surface area contributed by atoms with Crippen molar-refractivity contribution >= 4 is 35.1 Å². The summed E-state index contributed by atoms with van der Waals surface area (Å²) in [6.45, 7) is 0. The van der Waals surface area contributed by atoms with Crippen molar-refractivity contribution in [1.82, 2.24) is 0 Å². The summed E-state index contributed by atoms with van der Waals surface area (Å²) in [7, 11) is 0. The third kappa shape index (κ3) is 5.66. The highest BCUT2D eigenvalue weighted by Gasteiger charge is 2.02. The summed E-state index contributed by atoms with van der Waals surface area (Å²) in [5.41, 5.74) is 0.779. The molecule has 0 unspecified atom stereocenters. The van der Waals surface area contributed by atoms with Gasteiger partial charge in [0, 0.05) is 17.0 Å². The van der Waals surface area contributed by atoms with Gasteiger partial charge >= 0.3 is 0 Å². The van der Waals surface area contributed by atoms with Crippen molar-refractivity contribution in [3.05, 3.63) is 24.3 Å². The fourth-order valence-corrected chi connectivity index (χ4v) is 2.07. The third-order valence-electron chi connectivity index (χ3n) is 2.05. The highest BCUT2D eigenvalue weighted by atomic mass is 32.2. The lowest BCUT2D eigenvalue weighted by molar-refractivity contribution is -0.116. The van der Waals surface area contributed by atoms with Crippen molar-refractivity contribution in [3.63, 3.8) is 0 Å². The van der Waals surface area contributed by atoms with Gasteiger partial charge in [0.1, 0.15) is 5.40 Å². The van der Waals surface area contributed by atoms with E-state index in [1.54, 1.807) is 11.8 Å². The van der Waals surface area contributed by atoms with Crippen molar-refractivity contribution in [2.75, 3.05) is 17.3 Å². The largest absolute Gasteiger partial charge is 0.326 e. The molecule has 1 aromatic rings. The summed E-state index contributed by atoms with van der Waals surface area (Å²) < 4.78 is 0. The van der Waals surface area contributed by atoms with E-state index in [-0.39, 0.29) is 5.91 Å². The van der Waals surface area contributed by atoms with Crippen LogP contribution in [-0.2, 0) is 4.79 Å². The van der Waals surface area contributed by atoms with E-state index in [1.165, 1.54) is 0 Å². The highest BCUT2D eigenvalue weighted by Crippen LogP contribution is 2.19. The topological polar surface area (TPSA) is 52.9 Å². The third-order valence-corrected chi connectivity index (χ3v) is 3.35. The Balaban J connectivity index is 2.41. The average Bonchev–Trinajstić information content (AvgIpc) is 2.32. The van der Waals surface area contributed by atoms with Crippen molar-refractivity contribution in [3.8, 4) is 5.40 Å². The first-order chi connectivity index (χ1) is 8.26. The number of carbonyl (C=O) groups is 1. The van der Waals surface area contributed by atoms with Gasteiger partial charge in [-0.2, -0.15) is 17.0 Å². The van der Waals surface area contributed by atoms with Gasteiger partial charge in [-0.1, -0.05) is 0 Å². The number of thioether (sulfide) groups is 2. The van der Waals surface area contributed by atoms with Gasteiger partial charge in [0.25, 0.3) is 0 Å². The number of carbonyl (C=O) groups excluding carboxylic acids is 1. The maximum absolute atomic E-state index is 11.5. The van der Waals surface area contributed by atoms with E-state index in [9.17, 15) is 4.79 Å². The molecule has 0 aliphatic heterocycles. The Morgan fingerprint density at radius 3 is 2.71 bits per heavy atom. The minimum absolute atomic E-state index is 0.0414. The van der Waals surface area contributed by atoms with Gasteiger partial charge in [-0.15, -0.1) is 0 Å². The molecule has 1 N–H and O–H groups in total. The number of hydrogen-bond donors (Lipinski definition) is 1. The Labute approximate surface area is 110 Å². The fourth-order valence-electron chi connectivity index (χ4n) is 1.26. The Kier molecular flexibility index (Phi) is 6.60. The smallest absolute Gasteiger partial charge is 0.224 e. The number of amides is 1. The first kappa shape index (κ1) is 13.9. The molecular formula is C12H14N2OS2. The molecule has 0 radical (unpaired) electrons. The second-order valence-corrected chi connectivity index (χ2v) is 5.21. The maximum atomic E-state index is 11.5. The second-order valence-electron chi connectivity index (χ2n) is 3.36. The molecular weight excluding hydrogens is 252 g/mol. The quantitative estimate of drug-likeness (QED) is 0.487. The maximum Gasteiger partial charge on any atom is 0.224 e. The first-order valence-electron chi connectivity index (χ1n) is 5.21. The fraction of sp³-hybridized carbons (Fsp3) is 0.333. The van der Waals surface area contributed by atoms with Crippen LogP contribution in [0.2, 0.25) is 0 Å². The number of nitrogens with one attached hydrogen (secondary N) is 1. The first-order valence-corrected chi connectivity index (χ1v) is 7.42. The van der Waals surface area contributed by atoms with Crippen molar-refractivity contribution in [2.24, 2.45) is 0 Å². The van der Waals surface area contributed by atoms with Gasteiger partial charge < -0.3 is 5.32 Å². The molecule has 3 nitrogen and oxygen atoms in total. The van der Waals surface area contributed by atoms with Crippen LogP contribution in [0.1, 0.15) is 12.8 Å². The molecule has 1 amide bonds. The van der Waals surface area contributed by atoms with Crippen LogP contribution >= 0.6 is 23.5 Å². The molecule has 0 saturated heterocycles. The molecule has 0 spiro atoms. The molecule has 0 bridgehead atoms. The summed E-state index contributed by atoms with van der Waals surface area (Å²) >= 11 is 2.85. The molecule has 0 atom stereocenters. The molecule has 0 fully saturated rings.